The Kier molecular flexibility index (Phi) is 4.01. The zero-order valence-corrected chi connectivity index (χ0v) is 13.7. The Morgan fingerprint density at radius 1 is 1.36 bits per heavy atom. The van der Waals surface area contributed by atoms with E-state index in [1.807, 2.05) is 11.0 Å². The molecule has 1 atom stereocenters. The number of imidazole rings is 1. The predicted octanol–water partition coefficient (Wildman–Crippen LogP) is 1.70. The molecule has 2 N–H and O–H groups in total. The highest BCUT2D eigenvalue weighted by atomic mass is 16.5. The average molecular weight is 341 g/mol. The minimum atomic E-state index is -0.964. The van der Waals surface area contributed by atoms with Crippen molar-refractivity contribution in [3.63, 3.8) is 0 Å². The Morgan fingerprint density at radius 3 is 3.00 bits per heavy atom. The molecule has 25 heavy (non-hydrogen) atoms. The SMILES string of the molecule is O=C(O)c1cccc(-c2nc3c([nH]2)CN(C(=O)[C@@H]2CCOC2)CC3)c1. The summed E-state index contributed by atoms with van der Waals surface area (Å²) in [5.74, 6) is -0.205. The number of hydrogen-bond donors (Lipinski definition) is 2. The molecule has 3 heterocycles. The predicted molar refractivity (Wildman–Crippen MR) is 89.0 cm³/mol. The minimum Gasteiger partial charge on any atom is -0.478 e. The normalized spacial score (nSPS) is 19.7. The molecule has 2 aliphatic heterocycles. The van der Waals surface area contributed by atoms with Gasteiger partial charge in [-0.2, -0.15) is 0 Å². The molecule has 4 rings (SSSR count). The molecular weight excluding hydrogens is 322 g/mol. The van der Waals surface area contributed by atoms with Crippen molar-refractivity contribution in [3.8, 4) is 11.4 Å². The van der Waals surface area contributed by atoms with Crippen molar-refractivity contribution >= 4 is 11.9 Å². The van der Waals surface area contributed by atoms with Gasteiger partial charge in [0.25, 0.3) is 0 Å². The maximum atomic E-state index is 12.6. The van der Waals surface area contributed by atoms with E-state index < -0.39 is 5.97 Å². The highest BCUT2D eigenvalue weighted by molar-refractivity contribution is 5.89. The van der Waals surface area contributed by atoms with E-state index in [0.717, 1.165) is 23.4 Å². The number of benzene rings is 1. The van der Waals surface area contributed by atoms with E-state index in [2.05, 4.69) is 9.97 Å². The number of ether oxygens (including phenoxy) is 1. The quantitative estimate of drug-likeness (QED) is 0.886. The number of nitrogens with one attached hydrogen (secondary N) is 1. The smallest absolute Gasteiger partial charge is 0.335 e. The first-order chi connectivity index (χ1) is 12.1. The van der Waals surface area contributed by atoms with E-state index >= 15 is 0 Å². The highest BCUT2D eigenvalue weighted by Crippen LogP contribution is 2.25. The lowest BCUT2D eigenvalue weighted by atomic mass is 10.0. The molecule has 1 fully saturated rings. The third-order valence-corrected chi connectivity index (χ3v) is 4.81. The van der Waals surface area contributed by atoms with Crippen LogP contribution in [0.2, 0.25) is 0 Å². The first kappa shape index (κ1) is 15.8. The van der Waals surface area contributed by atoms with E-state index in [0.29, 0.717) is 38.5 Å². The van der Waals surface area contributed by atoms with Crippen LogP contribution in [0, 0.1) is 5.92 Å². The van der Waals surface area contributed by atoms with Crippen LogP contribution in [0.5, 0.6) is 0 Å². The number of fused-ring (bicyclic) bond motifs is 1. The van der Waals surface area contributed by atoms with Crippen LogP contribution >= 0.6 is 0 Å². The lowest BCUT2D eigenvalue weighted by Gasteiger charge is -2.28. The number of rotatable bonds is 3. The van der Waals surface area contributed by atoms with Crippen molar-refractivity contribution in [1.29, 1.82) is 0 Å². The summed E-state index contributed by atoms with van der Waals surface area (Å²) in [5, 5.41) is 9.13. The highest BCUT2D eigenvalue weighted by Gasteiger charge is 2.31. The zero-order valence-electron chi connectivity index (χ0n) is 13.7. The second-order valence-corrected chi connectivity index (χ2v) is 6.47. The van der Waals surface area contributed by atoms with E-state index in [1.165, 1.54) is 0 Å². The molecule has 7 nitrogen and oxygen atoms in total. The Labute approximate surface area is 144 Å². The number of carboxylic acid groups (broad SMARTS) is 1. The van der Waals surface area contributed by atoms with Crippen LogP contribution in [0.3, 0.4) is 0 Å². The first-order valence-electron chi connectivity index (χ1n) is 8.40. The molecule has 0 aliphatic carbocycles. The average Bonchev–Trinajstić information content (AvgIpc) is 3.30. The second kappa shape index (κ2) is 6.33. The van der Waals surface area contributed by atoms with Crippen LogP contribution in [0.15, 0.2) is 24.3 Å². The summed E-state index contributed by atoms with van der Waals surface area (Å²) in [6.07, 6.45) is 1.49. The number of amides is 1. The van der Waals surface area contributed by atoms with Gasteiger partial charge in [-0.25, -0.2) is 9.78 Å². The van der Waals surface area contributed by atoms with Crippen LogP contribution in [0.25, 0.3) is 11.4 Å². The number of aromatic amines is 1. The number of carbonyl (C=O) groups excluding carboxylic acids is 1. The van der Waals surface area contributed by atoms with Crippen LogP contribution in [-0.2, 0) is 22.5 Å². The van der Waals surface area contributed by atoms with Crippen molar-refractivity contribution in [1.82, 2.24) is 14.9 Å². The number of nitrogens with zero attached hydrogens (tertiary/aromatic N) is 2. The Morgan fingerprint density at radius 2 is 2.24 bits per heavy atom. The monoisotopic (exact) mass is 341 g/mol. The van der Waals surface area contributed by atoms with Gasteiger partial charge >= 0.3 is 5.97 Å². The van der Waals surface area contributed by atoms with Gasteiger partial charge in [-0.1, -0.05) is 12.1 Å². The minimum absolute atomic E-state index is 0.0313. The third kappa shape index (κ3) is 3.02. The molecule has 0 spiro atoms. The fourth-order valence-electron chi connectivity index (χ4n) is 3.41. The molecule has 2 aromatic rings. The molecule has 7 heteroatoms. The molecule has 0 unspecified atom stereocenters. The molecule has 1 saturated heterocycles. The molecule has 1 aromatic carbocycles. The molecule has 0 bridgehead atoms. The molecule has 2 aliphatic rings. The molecule has 0 radical (unpaired) electrons. The van der Waals surface area contributed by atoms with E-state index in [9.17, 15) is 9.59 Å². The van der Waals surface area contributed by atoms with Gasteiger partial charge in [0.15, 0.2) is 0 Å². The molecule has 0 saturated carbocycles. The van der Waals surface area contributed by atoms with Crippen molar-refractivity contribution in [2.24, 2.45) is 5.92 Å². The van der Waals surface area contributed by atoms with Gasteiger partial charge in [0, 0.05) is 25.1 Å². The second-order valence-electron chi connectivity index (χ2n) is 6.47. The Balaban J connectivity index is 1.55. The summed E-state index contributed by atoms with van der Waals surface area (Å²) in [4.78, 5) is 33.4. The van der Waals surface area contributed by atoms with Gasteiger partial charge in [0.2, 0.25) is 5.91 Å². The summed E-state index contributed by atoms with van der Waals surface area (Å²) in [6, 6.07) is 6.69. The first-order valence-corrected chi connectivity index (χ1v) is 8.40. The van der Waals surface area contributed by atoms with E-state index in [1.54, 1.807) is 18.2 Å². The summed E-state index contributed by atoms with van der Waals surface area (Å²) in [7, 11) is 0. The Hall–Kier alpha value is -2.67. The number of aromatic carboxylic acids is 1. The van der Waals surface area contributed by atoms with Gasteiger partial charge < -0.3 is 19.7 Å². The summed E-state index contributed by atoms with van der Waals surface area (Å²) in [6.45, 7) is 2.33. The molecule has 1 amide bonds. The number of H-pyrrole nitrogens is 1. The largest absolute Gasteiger partial charge is 0.478 e. The van der Waals surface area contributed by atoms with Crippen LogP contribution < -0.4 is 0 Å². The Bertz CT molecular complexity index is 823. The van der Waals surface area contributed by atoms with Crippen molar-refractivity contribution in [3.05, 3.63) is 41.2 Å². The standard InChI is InChI=1S/C18H19N3O4/c22-17(13-5-7-25-10-13)21-6-4-14-15(9-21)20-16(19-14)11-2-1-3-12(8-11)18(23)24/h1-3,8,13H,4-7,9-10H2,(H,19,20)(H,23,24)/t13-/m1/s1. The van der Waals surface area contributed by atoms with Gasteiger partial charge in [-0.05, 0) is 18.6 Å². The molecular formula is C18H19N3O4. The number of carboxylic acids is 1. The number of carbonyl (C=O) groups is 2. The van der Waals surface area contributed by atoms with E-state index in [-0.39, 0.29) is 17.4 Å². The maximum Gasteiger partial charge on any atom is 0.335 e. The van der Waals surface area contributed by atoms with Crippen molar-refractivity contribution in [2.45, 2.75) is 19.4 Å². The van der Waals surface area contributed by atoms with Crippen LogP contribution in [0.4, 0.5) is 0 Å². The van der Waals surface area contributed by atoms with Crippen LogP contribution in [-0.4, -0.2) is 51.6 Å². The van der Waals surface area contributed by atoms with Gasteiger partial charge in [-0.15, -0.1) is 0 Å². The van der Waals surface area contributed by atoms with Crippen molar-refractivity contribution in [2.75, 3.05) is 19.8 Å². The lowest BCUT2D eigenvalue weighted by Crippen LogP contribution is -2.40. The number of aromatic nitrogens is 2. The fraction of sp³-hybridized carbons (Fsp3) is 0.389. The lowest BCUT2D eigenvalue weighted by molar-refractivity contribution is -0.136. The topological polar surface area (TPSA) is 95.5 Å². The van der Waals surface area contributed by atoms with Crippen LogP contribution in [0.1, 0.15) is 28.2 Å². The summed E-state index contributed by atoms with van der Waals surface area (Å²) >= 11 is 0. The maximum absolute atomic E-state index is 12.6. The fourth-order valence-corrected chi connectivity index (χ4v) is 3.41. The third-order valence-electron chi connectivity index (χ3n) is 4.81. The summed E-state index contributed by atoms with van der Waals surface area (Å²) in [5.41, 5.74) is 2.83. The van der Waals surface area contributed by atoms with E-state index in [4.69, 9.17) is 9.84 Å². The van der Waals surface area contributed by atoms with Gasteiger partial charge in [-0.3, -0.25) is 4.79 Å². The van der Waals surface area contributed by atoms with Crippen molar-refractivity contribution < 1.29 is 19.4 Å². The van der Waals surface area contributed by atoms with Gasteiger partial charge in [0.1, 0.15) is 5.82 Å². The summed E-state index contributed by atoms with van der Waals surface area (Å²) < 4.78 is 5.32. The zero-order chi connectivity index (χ0) is 17.4. The number of hydrogen-bond acceptors (Lipinski definition) is 4. The molecule has 130 valence electrons. The molecule has 1 aromatic heterocycles. The van der Waals surface area contributed by atoms with Gasteiger partial charge in [0.05, 0.1) is 36.0 Å².